The molecule has 1 saturated heterocycles. The van der Waals surface area contributed by atoms with Gasteiger partial charge in [0.2, 0.25) is 11.8 Å². The van der Waals surface area contributed by atoms with Crippen LogP contribution in [-0.2, 0) is 9.59 Å². The molecule has 1 aliphatic heterocycles. The molecule has 29 heavy (non-hydrogen) atoms. The first-order valence-corrected chi connectivity index (χ1v) is 10.2. The maximum atomic E-state index is 12.8. The molecule has 2 aliphatic rings. The number of halogens is 1. The number of ketones is 1. The summed E-state index contributed by atoms with van der Waals surface area (Å²) in [6.07, 6.45) is 2.54. The molecule has 6 heteroatoms. The van der Waals surface area contributed by atoms with Crippen LogP contribution in [0.3, 0.4) is 0 Å². The number of fused-ring (bicyclic) bond motifs is 1. The summed E-state index contributed by atoms with van der Waals surface area (Å²) in [5.41, 5.74) is 1.08. The van der Waals surface area contributed by atoms with E-state index in [-0.39, 0.29) is 36.0 Å². The monoisotopic (exact) mass is 411 g/mol. The van der Waals surface area contributed by atoms with Gasteiger partial charge >= 0.3 is 0 Å². The lowest BCUT2D eigenvalue weighted by Gasteiger charge is -2.25. The molecule has 2 amide bonds. The molecule has 1 aliphatic carbocycles. The van der Waals surface area contributed by atoms with Crippen molar-refractivity contribution in [3.63, 3.8) is 0 Å². The van der Waals surface area contributed by atoms with Crippen LogP contribution in [-0.4, -0.2) is 24.2 Å². The van der Waals surface area contributed by atoms with Crippen LogP contribution in [0.5, 0.6) is 5.75 Å². The summed E-state index contributed by atoms with van der Waals surface area (Å²) in [5.74, 6) is 0.236. The molecule has 1 heterocycles. The first-order valence-electron chi connectivity index (χ1n) is 9.83. The summed E-state index contributed by atoms with van der Waals surface area (Å²) in [5, 5.41) is 0.568. The fraction of sp³-hybridized carbons (Fsp3) is 0.348. The minimum Gasteiger partial charge on any atom is -0.485 e. The molecule has 0 radical (unpaired) electrons. The van der Waals surface area contributed by atoms with Crippen molar-refractivity contribution < 1.29 is 19.1 Å². The molecule has 2 fully saturated rings. The van der Waals surface area contributed by atoms with Gasteiger partial charge in [-0.25, -0.2) is 0 Å². The molecule has 0 spiro atoms. The van der Waals surface area contributed by atoms with Crippen molar-refractivity contribution in [3.8, 4) is 5.75 Å². The van der Waals surface area contributed by atoms with E-state index in [1.807, 2.05) is 0 Å². The largest absolute Gasteiger partial charge is 0.485 e. The first-order chi connectivity index (χ1) is 13.9. The highest BCUT2D eigenvalue weighted by Crippen LogP contribution is 2.42. The van der Waals surface area contributed by atoms with Gasteiger partial charge in [0, 0.05) is 10.6 Å². The van der Waals surface area contributed by atoms with Gasteiger partial charge in [0.1, 0.15) is 5.75 Å². The molecule has 4 rings (SSSR count). The number of carbonyl (C=O) groups is 3. The molecular formula is C23H22ClNO4. The summed E-state index contributed by atoms with van der Waals surface area (Å²) in [7, 11) is 0. The second-order valence-corrected chi connectivity index (χ2v) is 8.29. The quantitative estimate of drug-likeness (QED) is 0.535. The molecule has 0 bridgehead atoms. The molecule has 0 unspecified atom stereocenters. The van der Waals surface area contributed by atoms with Crippen LogP contribution >= 0.6 is 11.6 Å². The van der Waals surface area contributed by atoms with Crippen molar-refractivity contribution in [2.45, 2.75) is 26.2 Å². The lowest BCUT2D eigenvalue weighted by Crippen LogP contribution is -2.30. The van der Waals surface area contributed by atoms with E-state index in [2.05, 4.69) is 6.92 Å². The van der Waals surface area contributed by atoms with Gasteiger partial charge in [0.15, 0.2) is 12.4 Å². The second-order valence-electron chi connectivity index (χ2n) is 7.86. The minimum absolute atomic E-state index is 0.0986. The highest BCUT2D eigenvalue weighted by molar-refractivity contribution is 6.30. The standard InChI is InChI=1S/C23H22ClNO4/c1-14-2-11-19-20(12-14)23(28)25(22(19)27)17-7-9-18(10-8-17)29-13-21(26)15-3-5-16(24)6-4-15/h3-10,14,19-20H,2,11-13H2,1H3/t14-,19-,20+/m1/s1. The van der Waals surface area contributed by atoms with Crippen LogP contribution in [0.25, 0.3) is 0 Å². The van der Waals surface area contributed by atoms with Gasteiger partial charge in [-0.1, -0.05) is 18.5 Å². The summed E-state index contributed by atoms with van der Waals surface area (Å²) in [6, 6.07) is 13.4. The Labute approximate surface area is 174 Å². The molecule has 0 N–H and O–H groups in total. The summed E-state index contributed by atoms with van der Waals surface area (Å²) in [4.78, 5) is 39.1. The van der Waals surface area contributed by atoms with E-state index in [0.717, 1.165) is 19.3 Å². The van der Waals surface area contributed by atoms with E-state index in [4.69, 9.17) is 16.3 Å². The van der Waals surface area contributed by atoms with Gasteiger partial charge in [-0.05, 0) is 73.7 Å². The maximum Gasteiger partial charge on any atom is 0.237 e. The molecule has 0 aromatic heterocycles. The number of Topliss-reactive ketones (excluding diaryl/α,β-unsaturated/α-hetero) is 1. The number of benzene rings is 2. The van der Waals surface area contributed by atoms with Gasteiger partial charge < -0.3 is 4.74 Å². The summed E-state index contributed by atoms with van der Waals surface area (Å²) >= 11 is 5.83. The van der Waals surface area contributed by atoms with Crippen LogP contribution in [0, 0.1) is 17.8 Å². The van der Waals surface area contributed by atoms with Crippen LogP contribution in [0.4, 0.5) is 5.69 Å². The first kappa shape index (κ1) is 19.6. The van der Waals surface area contributed by atoms with Gasteiger partial charge in [-0.2, -0.15) is 0 Å². The van der Waals surface area contributed by atoms with Gasteiger partial charge in [-0.3, -0.25) is 19.3 Å². The minimum atomic E-state index is -0.195. The molecule has 2 aromatic rings. The van der Waals surface area contributed by atoms with Gasteiger partial charge in [0.05, 0.1) is 17.5 Å². The summed E-state index contributed by atoms with van der Waals surface area (Å²) < 4.78 is 5.56. The molecular weight excluding hydrogens is 390 g/mol. The Morgan fingerprint density at radius 3 is 2.34 bits per heavy atom. The lowest BCUT2D eigenvalue weighted by atomic mass is 9.76. The van der Waals surface area contributed by atoms with Crippen molar-refractivity contribution in [2.75, 3.05) is 11.5 Å². The number of anilines is 1. The summed E-state index contributed by atoms with van der Waals surface area (Å²) in [6.45, 7) is 2.03. The number of hydrogen-bond donors (Lipinski definition) is 0. The molecule has 3 atom stereocenters. The Hall–Kier alpha value is -2.66. The Morgan fingerprint density at radius 1 is 1.00 bits per heavy atom. The molecule has 1 saturated carbocycles. The fourth-order valence-electron chi connectivity index (χ4n) is 4.20. The molecule has 2 aromatic carbocycles. The Bertz CT molecular complexity index is 938. The van der Waals surface area contributed by atoms with E-state index < -0.39 is 0 Å². The third-order valence-electron chi connectivity index (χ3n) is 5.82. The second kappa shape index (κ2) is 7.99. The third-order valence-corrected chi connectivity index (χ3v) is 6.07. The Balaban J connectivity index is 1.41. The van der Waals surface area contributed by atoms with E-state index in [1.165, 1.54) is 4.90 Å². The fourth-order valence-corrected chi connectivity index (χ4v) is 4.33. The zero-order chi connectivity index (χ0) is 20.5. The van der Waals surface area contributed by atoms with Crippen LogP contribution in [0.1, 0.15) is 36.5 Å². The lowest BCUT2D eigenvalue weighted by molar-refractivity contribution is -0.122. The predicted octanol–water partition coefficient (Wildman–Crippen LogP) is 4.53. The van der Waals surface area contributed by atoms with Gasteiger partial charge in [-0.15, -0.1) is 0 Å². The van der Waals surface area contributed by atoms with Crippen molar-refractivity contribution >= 4 is 34.9 Å². The highest BCUT2D eigenvalue weighted by Gasteiger charge is 2.49. The van der Waals surface area contributed by atoms with Crippen LogP contribution in [0.2, 0.25) is 5.02 Å². The van der Waals surface area contributed by atoms with Gasteiger partial charge in [0.25, 0.3) is 0 Å². The van der Waals surface area contributed by atoms with Crippen molar-refractivity contribution in [1.29, 1.82) is 0 Å². The molecule has 5 nitrogen and oxygen atoms in total. The van der Waals surface area contributed by atoms with Crippen molar-refractivity contribution in [1.82, 2.24) is 0 Å². The third kappa shape index (κ3) is 3.92. The van der Waals surface area contributed by atoms with E-state index in [0.29, 0.717) is 27.9 Å². The Morgan fingerprint density at radius 2 is 1.66 bits per heavy atom. The SMILES string of the molecule is C[C@@H]1CC[C@H]2C(=O)N(c3ccc(OCC(=O)c4ccc(Cl)cc4)cc3)C(=O)[C@H]2C1. The zero-order valence-electron chi connectivity index (χ0n) is 16.1. The smallest absolute Gasteiger partial charge is 0.237 e. The number of ether oxygens (including phenoxy) is 1. The van der Waals surface area contributed by atoms with E-state index >= 15 is 0 Å². The Kier molecular flexibility index (Phi) is 5.41. The van der Waals surface area contributed by atoms with Crippen LogP contribution in [0.15, 0.2) is 48.5 Å². The van der Waals surface area contributed by atoms with E-state index in [9.17, 15) is 14.4 Å². The number of amides is 2. The average molecular weight is 412 g/mol. The van der Waals surface area contributed by atoms with Crippen molar-refractivity contribution in [3.05, 3.63) is 59.1 Å². The average Bonchev–Trinajstić information content (AvgIpc) is 2.97. The zero-order valence-corrected chi connectivity index (χ0v) is 16.9. The topological polar surface area (TPSA) is 63.7 Å². The number of rotatable bonds is 5. The van der Waals surface area contributed by atoms with E-state index in [1.54, 1.807) is 48.5 Å². The van der Waals surface area contributed by atoms with Crippen molar-refractivity contribution in [2.24, 2.45) is 17.8 Å². The highest BCUT2D eigenvalue weighted by atomic mass is 35.5. The number of imide groups is 1. The number of carbonyl (C=O) groups excluding carboxylic acids is 3. The maximum absolute atomic E-state index is 12.8. The predicted molar refractivity (Wildman–Crippen MR) is 110 cm³/mol. The normalized spacial score (nSPS) is 23.8. The number of nitrogens with zero attached hydrogens (tertiary/aromatic N) is 1. The van der Waals surface area contributed by atoms with Crippen LogP contribution < -0.4 is 9.64 Å². The number of hydrogen-bond acceptors (Lipinski definition) is 4. The molecule has 150 valence electrons.